The van der Waals surface area contributed by atoms with Crippen molar-refractivity contribution in [2.45, 2.75) is 0 Å². The molecule has 66 valence electrons. The Hall–Kier alpha value is 0.120. The third-order valence-corrected chi connectivity index (χ3v) is 3.53. The normalized spacial score (nSPS) is 25.8. The summed E-state index contributed by atoms with van der Waals surface area (Å²) in [6.45, 7) is 0. The van der Waals surface area contributed by atoms with Crippen LogP contribution in [0.25, 0.3) is 0 Å². The van der Waals surface area contributed by atoms with Crippen LogP contribution in [0, 0.1) is 0 Å². The van der Waals surface area contributed by atoms with Crippen LogP contribution in [0.4, 0.5) is 0 Å². The van der Waals surface area contributed by atoms with Crippen molar-refractivity contribution in [3.63, 3.8) is 0 Å². The van der Waals surface area contributed by atoms with Crippen LogP contribution in [-0.2, 0) is 0 Å². The third kappa shape index (κ3) is 1.57. The Balaban J connectivity index is 2.47. The predicted molar refractivity (Wildman–Crippen MR) is 52.2 cm³/mol. The Labute approximate surface area is 83.8 Å². The molecule has 0 aromatic heterocycles. The van der Waals surface area contributed by atoms with Crippen LogP contribution in [0.3, 0.4) is 0 Å². The Morgan fingerprint density at radius 1 is 0.917 bits per heavy atom. The molecule has 0 amide bonds. The Morgan fingerprint density at radius 3 is 1.75 bits per heavy atom. The summed E-state index contributed by atoms with van der Waals surface area (Å²) in [6.07, 6.45) is 0. The van der Waals surface area contributed by atoms with E-state index in [2.05, 4.69) is 0 Å². The van der Waals surface area contributed by atoms with E-state index in [0.717, 1.165) is 0 Å². The third-order valence-electron chi connectivity index (χ3n) is 1.33. The maximum atomic E-state index is 5.71. The molecular formula is C6H4Cl3O2P. The zero-order chi connectivity index (χ0) is 8.84. The van der Waals surface area contributed by atoms with Crippen molar-refractivity contribution >= 4 is 38.8 Å². The first-order valence-corrected chi connectivity index (χ1v) is 7.89. The molecule has 1 aromatic rings. The molecule has 6 heteroatoms. The number of para-hydroxylation sites is 2. The van der Waals surface area contributed by atoms with E-state index in [1.807, 2.05) is 0 Å². The SMILES string of the molecule is ClP1(Cl)(Cl)Oc2ccccc2O1. The van der Waals surface area contributed by atoms with Crippen LogP contribution in [-0.4, -0.2) is 0 Å². The topological polar surface area (TPSA) is 18.5 Å². The van der Waals surface area contributed by atoms with Gasteiger partial charge in [-0.05, 0) is 0 Å². The Kier molecular flexibility index (Phi) is 1.69. The molecule has 2 nitrogen and oxygen atoms in total. The quantitative estimate of drug-likeness (QED) is 0.634. The second-order valence-electron chi connectivity index (χ2n) is 2.31. The summed E-state index contributed by atoms with van der Waals surface area (Å²) in [6, 6.07) is 6.95. The van der Waals surface area contributed by atoms with Crippen LogP contribution in [0.15, 0.2) is 24.3 Å². The first-order chi connectivity index (χ1) is 5.44. The van der Waals surface area contributed by atoms with Crippen molar-refractivity contribution in [3.8, 4) is 11.5 Å². The fourth-order valence-electron chi connectivity index (χ4n) is 0.923. The first kappa shape index (κ1) is 8.71. The molecule has 1 aromatic carbocycles. The Morgan fingerprint density at radius 2 is 1.33 bits per heavy atom. The van der Waals surface area contributed by atoms with E-state index in [1.54, 1.807) is 24.3 Å². The molecule has 0 spiro atoms. The van der Waals surface area contributed by atoms with Gasteiger partial charge >= 0.3 is 83.6 Å². The van der Waals surface area contributed by atoms with Gasteiger partial charge in [-0.3, -0.25) is 0 Å². The zero-order valence-electron chi connectivity index (χ0n) is 5.71. The summed E-state index contributed by atoms with van der Waals surface area (Å²) in [5.41, 5.74) is 0. The van der Waals surface area contributed by atoms with Crippen molar-refractivity contribution in [1.29, 1.82) is 0 Å². The van der Waals surface area contributed by atoms with E-state index in [1.165, 1.54) is 0 Å². The summed E-state index contributed by atoms with van der Waals surface area (Å²) in [7, 11) is 0. The van der Waals surface area contributed by atoms with Gasteiger partial charge in [0.15, 0.2) is 0 Å². The van der Waals surface area contributed by atoms with Crippen LogP contribution in [0.2, 0.25) is 0 Å². The molecule has 1 aliphatic heterocycles. The van der Waals surface area contributed by atoms with Gasteiger partial charge in [0.2, 0.25) is 0 Å². The van der Waals surface area contributed by atoms with Crippen LogP contribution in [0.5, 0.6) is 11.5 Å². The van der Waals surface area contributed by atoms with Crippen LogP contribution in [0.1, 0.15) is 0 Å². The van der Waals surface area contributed by atoms with Gasteiger partial charge < -0.3 is 0 Å². The number of hydrogen-bond acceptors (Lipinski definition) is 2. The molecule has 0 saturated carbocycles. The van der Waals surface area contributed by atoms with Crippen molar-refractivity contribution in [3.05, 3.63) is 24.3 Å². The molecule has 0 radical (unpaired) electrons. The summed E-state index contributed by atoms with van der Waals surface area (Å²) in [5.74, 6) is 0.963. The van der Waals surface area contributed by atoms with E-state index in [9.17, 15) is 0 Å². The fourth-order valence-corrected chi connectivity index (χ4v) is 3.21. The van der Waals surface area contributed by atoms with Crippen molar-refractivity contribution in [2.75, 3.05) is 0 Å². The van der Waals surface area contributed by atoms with Crippen LogP contribution >= 0.6 is 38.8 Å². The molecule has 0 saturated heterocycles. The molecule has 0 fully saturated rings. The van der Waals surface area contributed by atoms with E-state index in [0.29, 0.717) is 11.5 Å². The van der Waals surface area contributed by atoms with Gasteiger partial charge in [-0.25, -0.2) is 0 Å². The molecule has 1 heterocycles. The molecule has 0 atom stereocenters. The number of halogens is 3. The number of hydrogen-bond donors (Lipinski definition) is 0. The average molecular weight is 245 g/mol. The van der Waals surface area contributed by atoms with Crippen molar-refractivity contribution < 1.29 is 9.05 Å². The Bertz CT molecular complexity index is 304. The summed E-state index contributed by atoms with van der Waals surface area (Å²) in [5, 5.41) is -3.89. The predicted octanol–water partition coefficient (Wildman–Crippen LogP) is 4.30. The standard InChI is InChI=1S/C6H4Cl3O2P/c7-12(8,9)10-5-3-1-2-4-6(5)11-12/h1-4H. The van der Waals surface area contributed by atoms with Gasteiger partial charge in [0.25, 0.3) is 0 Å². The molecule has 12 heavy (non-hydrogen) atoms. The van der Waals surface area contributed by atoms with Gasteiger partial charge in [-0.2, -0.15) is 0 Å². The molecular weight excluding hydrogens is 241 g/mol. The van der Waals surface area contributed by atoms with Gasteiger partial charge in [-0.1, -0.05) is 0 Å². The van der Waals surface area contributed by atoms with E-state index >= 15 is 0 Å². The monoisotopic (exact) mass is 244 g/mol. The minimum atomic E-state index is -3.89. The van der Waals surface area contributed by atoms with Gasteiger partial charge in [-0.15, -0.1) is 0 Å². The van der Waals surface area contributed by atoms with Crippen molar-refractivity contribution in [1.82, 2.24) is 0 Å². The molecule has 0 N–H and O–H groups in total. The number of rotatable bonds is 0. The molecule has 0 aliphatic carbocycles. The van der Waals surface area contributed by atoms with Crippen molar-refractivity contribution in [2.24, 2.45) is 0 Å². The second kappa shape index (κ2) is 2.33. The summed E-state index contributed by atoms with van der Waals surface area (Å²) in [4.78, 5) is 0. The number of fused-ring (bicyclic) bond motifs is 1. The number of benzene rings is 1. The van der Waals surface area contributed by atoms with E-state index in [4.69, 9.17) is 42.8 Å². The molecule has 0 bridgehead atoms. The second-order valence-corrected chi connectivity index (χ2v) is 11.1. The molecule has 1 aliphatic rings. The van der Waals surface area contributed by atoms with E-state index in [-0.39, 0.29) is 0 Å². The van der Waals surface area contributed by atoms with Gasteiger partial charge in [0, 0.05) is 0 Å². The van der Waals surface area contributed by atoms with Crippen LogP contribution < -0.4 is 9.05 Å². The minimum absolute atomic E-state index is 0.482. The molecule has 0 unspecified atom stereocenters. The zero-order valence-corrected chi connectivity index (χ0v) is 8.87. The summed E-state index contributed by atoms with van der Waals surface area (Å²) < 4.78 is 10.2. The fraction of sp³-hybridized carbons (Fsp3) is 0. The maximum absolute atomic E-state index is 5.71. The average Bonchev–Trinajstić information content (AvgIpc) is 2.16. The first-order valence-electron chi connectivity index (χ1n) is 3.11. The summed E-state index contributed by atoms with van der Waals surface area (Å²) >= 11 is 17.1. The van der Waals surface area contributed by atoms with Gasteiger partial charge in [0.1, 0.15) is 0 Å². The van der Waals surface area contributed by atoms with E-state index < -0.39 is 5.12 Å². The van der Waals surface area contributed by atoms with Gasteiger partial charge in [0.05, 0.1) is 0 Å². The molecule has 2 rings (SSSR count).